The summed E-state index contributed by atoms with van der Waals surface area (Å²) in [4.78, 5) is 153. The van der Waals surface area contributed by atoms with E-state index in [1.165, 1.54) is 31.4 Å². The number of likely N-dealkylation sites (N-methyl/N-ethyl adjacent to an activating group) is 1. The first-order valence-corrected chi connectivity index (χ1v) is 39.2. The predicted octanol–water partition coefficient (Wildman–Crippen LogP) is 4.85. The smallest absolute Gasteiger partial charge is 0.306 e. The number of amides is 8. The summed E-state index contributed by atoms with van der Waals surface area (Å²) in [6.45, 7) is 21.8. The summed E-state index contributed by atoms with van der Waals surface area (Å²) in [5, 5.41) is 36.5. The second kappa shape index (κ2) is 55.9. The largest absolute Gasteiger partial charge is 0.506 e. The number of unbranched alkanes of at least 4 members (excludes halogenated alkanes) is 1. The van der Waals surface area contributed by atoms with Crippen LogP contribution in [0.25, 0.3) is 0 Å². The third kappa shape index (κ3) is 40.2. The van der Waals surface area contributed by atoms with E-state index in [2.05, 4.69) is 31.6 Å². The average molecular weight is 1590 g/mol. The number of ether oxygens (including phenoxy) is 11. The minimum Gasteiger partial charge on any atom is -0.506 e. The number of methoxy groups -OCH3 is 1. The summed E-state index contributed by atoms with van der Waals surface area (Å²) in [6.07, 6.45) is 3.20. The van der Waals surface area contributed by atoms with Crippen molar-refractivity contribution >= 4 is 82.0 Å². The summed E-state index contributed by atoms with van der Waals surface area (Å²) >= 11 is 1.07. The molecule has 0 radical (unpaired) electrons. The van der Waals surface area contributed by atoms with Gasteiger partial charge >= 0.3 is 11.9 Å². The van der Waals surface area contributed by atoms with Crippen LogP contribution in [0.15, 0.2) is 35.7 Å². The quantitative estimate of drug-likeness (QED) is 0.0201. The van der Waals surface area contributed by atoms with E-state index in [1.807, 2.05) is 60.5 Å². The molecule has 0 saturated heterocycles. The van der Waals surface area contributed by atoms with Crippen molar-refractivity contribution in [3.63, 3.8) is 0 Å². The zero-order chi connectivity index (χ0) is 82.1. The molecule has 2 heterocycles. The molecule has 1 aliphatic rings. The number of benzene rings is 1. The molecule has 2 aromatic rings. The lowest BCUT2D eigenvalue weighted by Gasteiger charge is -2.38. The Morgan fingerprint density at radius 1 is 0.658 bits per heavy atom. The van der Waals surface area contributed by atoms with Crippen molar-refractivity contribution in [2.24, 2.45) is 23.7 Å². The zero-order valence-electron chi connectivity index (χ0n) is 67.2. The van der Waals surface area contributed by atoms with Crippen LogP contribution in [-0.2, 0) is 106 Å². The van der Waals surface area contributed by atoms with E-state index in [9.17, 15) is 63.0 Å². The summed E-state index contributed by atoms with van der Waals surface area (Å²) < 4.78 is 59.9. The Hall–Kier alpha value is -7.48. The number of phenols is 1. The SMILES string of the molecule is CC[C@H](C)[C@H](CC(=O)C(C)(C)N(C)C)C(=O)N(C)[C@H](C[C@@H](OC(C)=O)c1nc(C(=O)N[C@@H](Cc2ccc(O)c(NC(=O)CCCNC(=O)[C@H](CCCCNC(=O)COCCOCCOCCOCCOCCOCCOCCOCCOCCOC)NC(=O)CCCN3C(=O)C=CC3=O)c2)CC(C)C(=O)O)cs1)C(C)C. The lowest BCUT2D eigenvalue weighted by molar-refractivity contribution is -0.150. The van der Waals surface area contributed by atoms with Crippen LogP contribution < -0.4 is 26.6 Å². The Labute approximate surface area is 657 Å². The van der Waals surface area contributed by atoms with Crippen LogP contribution in [0.3, 0.4) is 0 Å². The van der Waals surface area contributed by atoms with Gasteiger partial charge < -0.3 is 93.8 Å². The molecule has 1 aromatic carbocycles. The lowest BCUT2D eigenvalue weighted by atomic mass is 9.81. The van der Waals surface area contributed by atoms with Crippen LogP contribution in [0.4, 0.5) is 5.69 Å². The fourth-order valence-electron chi connectivity index (χ4n) is 11.3. The molecule has 1 aliphatic heterocycles. The summed E-state index contributed by atoms with van der Waals surface area (Å²) in [5.74, 6) is -7.66. The number of nitrogens with zero attached hydrogens (tertiary/aromatic N) is 4. The zero-order valence-corrected chi connectivity index (χ0v) is 68.0. The number of nitrogens with one attached hydrogen (secondary N) is 5. The molecule has 1 unspecified atom stereocenters. The third-order valence-corrected chi connectivity index (χ3v) is 19.5. The number of Topliss-reactive ketones (excluding diaryl/α,β-unsaturated/α-hetero) is 1. The minimum absolute atomic E-state index is 0.00143. The molecule has 1 aromatic heterocycles. The van der Waals surface area contributed by atoms with E-state index in [0.717, 1.165) is 28.4 Å². The van der Waals surface area contributed by atoms with E-state index in [1.54, 1.807) is 25.1 Å². The van der Waals surface area contributed by atoms with Crippen LogP contribution in [0.2, 0.25) is 0 Å². The number of carboxylic acid groups (broad SMARTS) is 1. The van der Waals surface area contributed by atoms with Gasteiger partial charge in [-0.2, -0.15) is 0 Å². The van der Waals surface area contributed by atoms with Crippen LogP contribution in [-0.4, -0.2) is 292 Å². The number of ketones is 1. The van der Waals surface area contributed by atoms with Gasteiger partial charge in [-0.05, 0) is 102 Å². The number of esters is 1. The van der Waals surface area contributed by atoms with Crippen LogP contribution >= 0.6 is 11.3 Å². The molecule has 34 heteroatoms. The fraction of sp³-hybridized carbons (Fsp3) is 0.714. The minimum atomic E-state index is -1.11. The number of imide groups is 1. The van der Waals surface area contributed by atoms with E-state index < -0.39 is 89.0 Å². The molecule has 3 rings (SSSR count). The first kappa shape index (κ1) is 97.7. The number of aliphatic carboxylic acids is 1. The summed E-state index contributed by atoms with van der Waals surface area (Å²) in [5.41, 5.74) is -0.310. The van der Waals surface area contributed by atoms with E-state index in [-0.39, 0.29) is 149 Å². The highest BCUT2D eigenvalue weighted by molar-refractivity contribution is 7.09. The molecule has 8 amide bonds. The average Bonchev–Trinajstić information content (AvgIpc) is 1.81. The molecule has 111 heavy (non-hydrogen) atoms. The van der Waals surface area contributed by atoms with E-state index in [0.29, 0.717) is 131 Å². The Bertz CT molecular complexity index is 3160. The van der Waals surface area contributed by atoms with Gasteiger partial charge in [0.1, 0.15) is 29.1 Å². The number of rotatable bonds is 65. The van der Waals surface area contributed by atoms with Crippen LogP contribution in [0.1, 0.15) is 153 Å². The molecule has 0 spiro atoms. The number of carboxylic acids is 1. The number of carbonyl (C=O) groups is 11. The maximum absolute atomic E-state index is 14.4. The molecule has 0 aliphatic carbocycles. The molecule has 0 fully saturated rings. The molecule has 33 nitrogen and oxygen atoms in total. The number of thiazole rings is 1. The van der Waals surface area contributed by atoms with Gasteiger partial charge in [0.05, 0.1) is 136 Å². The van der Waals surface area contributed by atoms with Crippen molar-refractivity contribution in [1.29, 1.82) is 0 Å². The van der Waals surface area contributed by atoms with Crippen molar-refractivity contribution < 1.29 is 115 Å². The molecule has 0 bridgehead atoms. The highest BCUT2D eigenvalue weighted by Crippen LogP contribution is 2.34. The third-order valence-electron chi connectivity index (χ3n) is 18.6. The van der Waals surface area contributed by atoms with Gasteiger partial charge in [-0.1, -0.05) is 47.1 Å². The van der Waals surface area contributed by atoms with Crippen molar-refractivity contribution in [3.8, 4) is 5.75 Å². The van der Waals surface area contributed by atoms with Crippen molar-refractivity contribution in [3.05, 3.63) is 52.0 Å². The van der Waals surface area contributed by atoms with Gasteiger partial charge in [-0.25, -0.2) is 4.98 Å². The normalized spacial score (nSPS) is 14.2. The van der Waals surface area contributed by atoms with Gasteiger partial charge in [-0.15, -0.1) is 11.3 Å². The molecule has 7 atom stereocenters. The molecular weight excluding hydrogens is 1470 g/mol. The van der Waals surface area contributed by atoms with E-state index >= 15 is 0 Å². The fourth-order valence-corrected chi connectivity index (χ4v) is 12.1. The van der Waals surface area contributed by atoms with Gasteiger partial charge in [-0.3, -0.25) is 62.5 Å². The van der Waals surface area contributed by atoms with Crippen molar-refractivity contribution in [1.82, 2.24) is 41.0 Å². The first-order chi connectivity index (χ1) is 53.0. The number of anilines is 1. The lowest BCUT2D eigenvalue weighted by Crippen LogP contribution is -2.50. The topological polar surface area (TPSA) is 413 Å². The van der Waals surface area contributed by atoms with Crippen LogP contribution in [0, 0.1) is 23.7 Å². The Morgan fingerprint density at radius 2 is 1.19 bits per heavy atom. The summed E-state index contributed by atoms with van der Waals surface area (Å²) in [6, 6.07) is 2.07. The predicted molar refractivity (Wildman–Crippen MR) is 411 cm³/mol. The maximum atomic E-state index is 14.4. The monoisotopic (exact) mass is 1590 g/mol. The van der Waals surface area contributed by atoms with E-state index in [4.69, 9.17) is 52.1 Å². The number of aromatic hydroxyl groups is 1. The number of carbonyl (C=O) groups excluding carboxylic acids is 10. The molecular formula is C77H125N9O24S. The van der Waals surface area contributed by atoms with Gasteiger partial charge in [0.15, 0.2) is 11.9 Å². The van der Waals surface area contributed by atoms with Gasteiger partial charge in [0.2, 0.25) is 29.5 Å². The Morgan fingerprint density at radius 3 is 1.70 bits per heavy atom. The highest BCUT2D eigenvalue weighted by Gasteiger charge is 2.39. The molecule has 7 N–H and O–H groups in total. The number of phenolic OH excluding ortho intramolecular Hbond substituents is 1. The van der Waals surface area contributed by atoms with Crippen LogP contribution in [0.5, 0.6) is 5.75 Å². The standard InChI is InChI=1S/C77H125N9O24S/c1-13-54(4)59(49-66(89)77(7,8)84(9)10)75(97)85(11)63(53(2)3)50-65(110-56(6)87)74-83-62(52-111-74)73(96)80-58(46-55(5)76(98)99)47-57-21-22-64(88)61(48-57)82-67(90)19-16-26-79-72(95)60(81-68(91)20-17-27-86-70(93)23-24-71(86)94)18-14-15-25-78-69(92)51-109-45-44-108-43-42-107-41-40-106-39-38-105-37-36-104-35-34-103-33-32-102-31-30-101-29-28-100-12/h21-24,48,52-55,58-60,63,65,88H,13-20,25-47,49-51H2,1-12H3,(H,78,92)(H,79,95)(H,80,96)(H,81,91)(H,82,90)(H,98,99)/t54-,55?,58+,59-,60-,63+,65+/m0/s1. The number of aromatic nitrogens is 1. The Balaban J connectivity index is 1.47. The van der Waals surface area contributed by atoms with Gasteiger partial charge in [0, 0.05) is 102 Å². The van der Waals surface area contributed by atoms with Crippen molar-refractivity contribution in [2.45, 2.75) is 162 Å². The molecule has 628 valence electrons. The second-order valence-corrected chi connectivity index (χ2v) is 28.9. The number of hydrogen-bond acceptors (Lipinski definition) is 26. The molecule has 0 saturated carbocycles. The van der Waals surface area contributed by atoms with Gasteiger partial charge in [0.25, 0.3) is 17.7 Å². The number of hydrogen-bond donors (Lipinski definition) is 7. The second-order valence-electron chi connectivity index (χ2n) is 28.1. The summed E-state index contributed by atoms with van der Waals surface area (Å²) in [7, 11) is 6.95. The first-order valence-electron chi connectivity index (χ1n) is 38.3. The highest BCUT2D eigenvalue weighted by atomic mass is 32.1. The maximum Gasteiger partial charge on any atom is 0.306 e. The Kier molecular flexibility index (Phi) is 49.2. The van der Waals surface area contributed by atoms with Crippen molar-refractivity contribution in [2.75, 3.05) is 179 Å².